The van der Waals surface area contributed by atoms with Gasteiger partial charge in [0.15, 0.2) is 0 Å². The lowest BCUT2D eigenvalue weighted by Crippen LogP contribution is -2.50. The van der Waals surface area contributed by atoms with Crippen molar-refractivity contribution in [3.05, 3.63) is 35.9 Å². The Bertz CT molecular complexity index is 381. The quantitative estimate of drug-likeness (QED) is 0.825. The van der Waals surface area contributed by atoms with Gasteiger partial charge in [-0.1, -0.05) is 30.3 Å². The summed E-state index contributed by atoms with van der Waals surface area (Å²) in [5, 5.41) is 12.1. The summed E-state index contributed by atoms with van der Waals surface area (Å²) < 4.78 is 0. The maximum atomic E-state index is 10.6. The highest BCUT2D eigenvalue weighted by Crippen LogP contribution is 2.10. The third-order valence-corrected chi connectivity index (χ3v) is 3.30. The van der Waals surface area contributed by atoms with Crippen molar-refractivity contribution in [2.24, 2.45) is 0 Å². The maximum Gasteiger partial charge on any atom is 0.303 e. The second-order valence-corrected chi connectivity index (χ2v) is 4.80. The summed E-state index contributed by atoms with van der Waals surface area (Å²) >= 11 is 0. The Hall–Kier alpha value is -1.39. The molecule has 0 radical (unpaired) electrons. The summed E-state index contributed by atoms with van der Waals surface area (Å²) in [7, 11) is 0. The van der Waals surface area contributed by atoms with E-state index < -0.39 is 5.97 Å². The maximum absolute atomic E-state index is 10.6. The van der Waals surface area contributed by atoms with Gasteiger partial charge < -0.3 is 10.4 Å². The van der Waals surface area contributed by atoms with Crippen LogP contribution in [0.25, 0.3) is 0 Å². The van der Waals surface area contributed by atoms with Crippen molar-refractivity contribution in [3.63, 3.8) is 0 Å². The first-order chi connectivity index (χ1) is 8.74. The normalized spacial score (nSPS) is 20.8. The first-order valence-electron chi connectivity index (χ1n) is 6.45. The molecular formula is C14H20N2O2. The van der Waals surface area contributed by atoms with Crippen LogP contribution in [0, 0.1) is 0 Å². The van der Waals surface area contributed by atoms with Crippen LogP contribution in [-0.2, 0) is 11.3 Å². The molecule has 1 fully saturated rings. The molecule has 4 nitrogen and oxygen atoms in total. The molecule has 1 aromatic carbocycles. The van der Waals surface area contributed by atoms with Gasteiger partial charge in [-0.05, 0) is 12.0 Å². The van der Waals surface area contributed by atoms with Crippen LogP contribution in [0.3, 0.4) is 0 Å². The van der Waals surface area contributed by atoms with Gasteiger partial charge >= 0.3 is 5.97 Å². The molecule has 18 heavy (non-hydrogen) atoms. The zero-order valence-corrected chi connectivity index (χ0v) is 10.5. The summed E-state index contributed by atoms with van der Waals surface area (Å²) in [4.78, 5) is 13.0. The van der Waals surface area contributed by atoms with E-state index in [1.807, 2.05) is 6.07 Å². The van der Waals surface area contributed by atoms with Crippen LogP contribution in [0.2, 0.25) is 0 Å². The minimum atomic E-state index is -0.711. The summed E-state index contributed by atoms with van der Waals surface area (Å²) in [5.41, 5.74) is 1.32. The highest BCUT2D eigenvalue weighted by Gasteiger charge is 2.19. The highest BCUT2D eigenvalue weighted by molar-refractivity contribution is 5.66. The van der Waals surface area contributed by atoms with Crippen LogP contribution in [0.5, 0.6) is 0 Å². The molecule has 1 aliphatic rings. The van der Waals surface area contributed by atoms with Gasteiger partial charge in [0.1, 0.15) is 0 Å². The fourth-order valence-corrected chi connectivity index (χ4v) is 2.37. The van der Waals surface area contributed by atoms with Crippen molar-refractivity contribution >= 4 is 5.97 Å². The molecule has 1 unspecified atom stereocenters. The lowest BCUT2D eigenvalue weighted by atomic mass is 10.1. The van der Waals surface area contributed by atoms with E-state index >= 15 is 0 Å². The van der Waals surface area contributed by atoms with Crippen molar-refractivity contribution in [1.82, 2.24) is 10.2 Å². The Morgan fingerprint density at radius 1 is 1.39 bits per heavy atom. The second-order valence-electron chi connectivity index (χ2n) is 4.80. The molecule has 0 spiro atoms. The summed E-state index contributed by atoms with van der Waals surface area (Å²) in [6, 6.07) is 10.7. The number of carboxylic acid groups (broad SMARTS) is 1. The lowest BCUT2D eigenvalue weighted by molar-refractivity contribution is -0.137. The number of nitrogens with one attached hydrogen (secondary N) is 1. The van der Waals surface area contributed by atoms with Crippen molar-refractivity contribution in [1.29, 1.82) is 0 Å². The number of nitrogens with zero attached hydrogens (tertiary/aromatic N) is 1. The molecule has 1 aliphatic heterocycles. The molecule has 2 rings (SSSR count). The van der Waals surface area contributed by atoms with Gasteiger partial charge in [-0.2, -0.15) is 0 Å². The van der Waals surface area contributed by atoms with Crippen molar-refractivity contribution in [3.8, 4) is 0 Å². The zero-order valence-electron chi connectivity index (χ0n) is 10.5. The fraction of sp³-hybridized carbons (Fsp3) is 0.500. The minimum absolute atomic E-state index is 0.247. The molecule has 0 aromatic heterocycles. The topological polar surface area (TPSA) is 52.6 Å². The first kappa shape index (κ1) is 13.1. The SMILES string of the molecule is O=C(O)CCC1CN(Cc2ccccc2)CCN1. The van der Waals surface area contributed by atoms with E-state index in [9.17, 15) is 4.79 Å². The number of carbonyl (C=O) groups is 1. The minimum Gasteiger partial charge on any atom is -0.481 e. The summed E-state index contributed by atoms with van der Waals surface area (Å²) in [6.45, 7) is 3.85. The molecule has 4 heteroatoms. The Morgan fingerprint density at radius 2 is 2.17 bits per heavy atom. The molecule has 1 heterocycles. The standard InChI is InChI=1S/C14H20N2O2/c17-14(18)7-6-13-11-16(9-8-15-13)10-12-4-2-1-3-5-12/h1-5,13,15H,6-11H2,(H,17,18). The number of rotatable bonds is 5. The monoisotopic (exact) mass is 248 g/mol. The van der Waals surface area contributed by atoms with E-state index in [1.54, 1.807) is 0 Å². The number of carboxylic acids is 1. The van der Waals surface area contributed by atoms with E-state index in [-0.39, 0.29) is 6.42 Å². The van der Waals surface area contributed by atoms with E-state index in [0.29, 0.717) is 12.5 Å². The van der Waals surface area contributed by atoms with E-state index in [1.165, 1.54) is 5.56 Å². The molecule has 98 valence electrons. The molecule has 0 amide bonds. The number of hydrogen-bond donors (Lipinski definition) is 2. The van der Waals surface area contributed by atoms with Crippen LogP contribution < -0.4 is 5.32 Å². The van der Waals surface area contributed by atoms with Gasteiger partial charge in [0.05, 0.1) is 0 Å². The Kier molecular flexibility index (Phi) is 4.73. The van der Waals surface area contributed by atoms with E-state index in [0.717, 1.165) is 26.2 Å². The predicted molar refractivity (Wildman–Crippen MR) is 70.4 cm³/mol. The Morgan fingerprint density at radius 3 is 2.89 bits per heavy atom. The zero-order chi connectivity index (χ0) is 12.8. The largest absolute Gasteiger partial charge is 0.481 e. The van der Waals surface area contributed by atoms with Crippen molar-refractivity contribution in [2.75, 3.05) is 19.6 Å². The molecule has 0 aliphatic carbocycles. The molecule has 1 saturated heterocycles. The molecule has 0 bridgehead atoms. The van der Waals surface area contributed by atoms with Crippen molar-refractivity contribution in [2.45, 2.75) is 25.4 Å². The second kappa shape index (κ2) is 6.52. The van der Waals surface area contributed by atoms with Crippen molar-refractivity contribution < 1.29 is 9.90 Å². The van der Waals surface area contributed by atoms with Gasteiger partial charge in [-0.25, -0.2) is 0 Å². The van der Waals surface area contributed by atoms with Crippen LogP contribution in [0.15, 0.2) is 30.3 Å². The molecule has 1 atom stereocenters. The third-order valence-electron chi connectivity index (χ3n) is 3.30. The van der Waals surface area contributed by atoms with Gasteiger partial charge in [0.25, 0.3) is 0 Å². The fourth-order valence-electron chi connectivity index (χ4n) is 2.37. The van der Waals surface area contributed by atoms with E-state index in [2.05, 4.69) is 34.5 Å². The van der Waals surface area contributed by atoms with Crippen LogP contribution in [0.4, 0.5) is 0 Å². The molecule has 1 aromatic rings. The van der Waals surface area contributed by atoms with Crippen LogP contribution >= 0.6 is 0 Å². The number of aliphatic carboxylic acids is 1. The smallest absolute Gasteiger partial charge is 0.303 e. The average molecular weight is 248 g/mol. The highest BCUT2D eigenvalue weighted by atomic mass is 16.4. The molecule has 2 N–H and O–H groups in total. The van der Waals surface area contributed by atoms with Gasteiger partial charge in [0.2, 0.25) is 0 Å². The Labute approximate surface area is 108 Å². The van der Waals surface area contributed by atoms with Gasteiger partial charge in [-0.3, -0.25) is 9.69 Å². The number of benzene rings is 1. The van der Waals surface area contributed by atoms with Gasteiger partial charge in [-0.15, -0.1) is 0 Å². The Balaban J connectivity index is 1.81. The lowest BCUT2D eigenvalue weighted by Gasteiger charge is -2.33. The molecular weight excluding hydrogens is 228 g/mol. The van der Waals surface area contributed by atoms with Crippen LogP contribution in [0.1, 0.15) is 18.4 Å². The number of hydrogen-bond acceptors (Lipinski definition) is 3. The molecule has 0 saturated carbocycles. The summed E-state index contributed by atoms with van der Waals surface area (Å²) in [5.74, 6) is -0.711. The third kappa shape index (κ3) is 4.13. The van der Waals surface area contributed by atoms with Gasteiger partial charge in [0, 0.05) is 38.6 Å². The van der Waals surface area contributed by atoms with E-state index in [4.69, 9.17) is 5.11 Å². The predicted octanol–water partition coefficient (Wildman–Crippen LogP) is 1.33. The first-order valence-corrected chi connectivity index (χ1v) is 6.45. The average Bonchev–Trinajstić information content (AvgIpc) is 2.38. The summed E-state index contributed by atoms with van der Waals surface area (Å²) in [6.07, 6.45) is 0.956. The number of piperazine rings is 1. The van der Waals surface area contributed by atoms with Crippen LogP contribution in [-0.4, -0.2) is 41.7 Å².